The van der Waals surface area contributed by atoms with E-state index in [1.165, 1.54) is 0 Å². The van der Waals surface area contributed by atoms with E-state index in [2.05, 4.69) is 5.32 Å². The van der Waals surface area contributed by atoms with Crippen molar-refractivity contribution >= 4 is 12.1 Å². The Labute approximate surface area is 131 Å². The molecule has 0 unspecified atom stereocenters. The molecule has 1 aliphatic rings. The van der Waals surface area contributed by atoms with Crippen molar-refractivity contribution in [3.63, 3.8) is 0 Å². The fourth-order valence-corrected chi connectivity index (χ4v) is 3.12. The molecule has 2 rings (SSSR count). The summed E-state index contributed by atoms with van der Waals surface area (Å²) in [5, 5.41) is 2.81. The Morgan fingerprint density at radius 1 is 1.27 bits per heavy atom. The van der Waals surface area contributed by atoms with Crippen molar-refractivity contribution < 1.29 is 19.1 Å². The molecule has 1 heterocycles. The number of esters is 1. The van der Waals surface area contributed by atoms with E-state index < -0.39 is 11.5 Å². The molecule has 0 radical (unpaired) electrons. The van der Waals surface area contributed by atoms with E-state index in [0.717, 1.165) is 12.8 Å². The van der Waals surface area contributed by atoms with Gasteiger partial charge in [-0.2, -0.15) is 0 Å². The summed E-state index contributed by atoms with van der Waals surface area (Å²) < 4.78 is 10.5. The second-order valence-corrected chi connectivity index (χ2v) is 5.65. The number of para-hydroxylation sites is 1. The van der Waals surface area contributed by atoms with Crippen LogP contribution in [0.25, 0.3) is 0 Å². The maximum absolute atomic E-state index is 12.2. The van der Waals surface area contributed by atoms with Crippen LogP contribution in [0.1, 0.15) is 39.5 Å². The SMILES string of the molecule is CCCC1(CCC)C(=O)OC[C@H]1NC(=O)Oc1ccccc1. The average molecular weight is 305 g/mol. The molecule has 22 heavy (non-hydrogen) atoms. The molecule has 1 saturated heterocycles. The van der Waals surface area contributed by atoms with E-state index in [4.69, 9.17) is 9.47 Å². The van der Waals surface area contributed by atoms with Crippen LogP contribution < -0.4 is 10.1 Å². The molecular weight excluding hydrogens is 282 g/mol. The number of carbonyl (C=O) groups excluding carboxylic acids is 2. The Morgan fingerprint density at radius 2 is 1.91 bits per heavy atom. The van der Waals surface area contributed by atoms with Gasteiger partial charge in [-0.3, -0.25) is 4.79 Å². The molecular formula is C17H23NO4. The second kappa shape index (κ2) is 7.29. The van der Waals surface area contributed by atoms with E-state index in [1.54, 1.807) is 24.3 Å². The molecule has 1 aromatic rings. The quantitative estimate of drug-likeness (QED) is 0.819. The first-order valence-electron chi connectivity index (χ1n) is 7.83. The lowest BCUT2D eigenvalue weighted by molar-refractivity contribution is -0.147. The molecule has 1 aromatic carbocycles. The predicted molar refractivity (Wildman–Crippen MR) is 82.6 cm³/mol. The standard InChI is InChI=1S/C17H23NO4/c1-3-10-17(11-4-2)14(12-21-15(17)19)18-16(20)22-13-8-6-5-7-9-13/h5-9,14H,3-4,10-12H2,1-2H3,(H,18,20)/t14-/m1/s1. The van der Waals surface area contributed by atoms with Crippen LogP contribution in [0.2, 0.25) is 0 Å². The minimum atomic E-state index is -0.626. The monoisotopic (exact) mass is 305 g/mol. The number of amides is 1. The maximum atomic E-state index is 12.2. The van der Waals surface area contributed by atoms with Crippen LogP contribution >= 0.6 is 0 Å². The molecule has 0 aliphatic carbocycles. The fourth-order valence-electron chi connectivity index (χ4n) is 3.12. The van der Waals surface area contributed by atoms with Crippen molar-refractivity contribution in [3.8, 4) is 5.75 Å². The zero-order chi connectivity index (χ0) is 16.0. The van der Waals surface area contributed by atoms with Gasteiger partial charge in [-0.1, -0.05) is 44.9 Å². The zero-order valence-electron chi connectivity index (χ0n) is 13.1. The van der Waals surface area contributed by atoms with Crippen molar-refractivity contribution in [3.05, 3.63) is 30.3 Å². The molecule has 0 spiro atoms. The van der Waals surface area contributed by atoms with Crippen LogP contribution in [0.3, 0.4) is 0 Å². The minimum absolute atomic E-state index is 0.207. The molecule has 0 saturated carbocycles. The van der Waals surface area contributed by atoms with Gasteiger partial charge in [0, 0.05) is 0 Å². The average Bonchev–Trinajstić information content (AvgIpc) is 2.78. The van der Waals surface area contributed by atoms with Gasteiger partial charge in [-0.05, 0) is 25.0 Å². The van der Waals surface area contributed by atoms with Gasteiger partial charge in [-0.25, -0.2) is 4.79 Å². The lowest BCUT2D eigenvalue weighted by atomic mass is 9.75. The minimum Gasteiger partial charge on any atom is -0.463 e. The zero-order valence-corrected chi connectivity index (χ0v) is 13.1. The first-order chi connectivity index (χ1) is 10.6. The third-order valence-electron chi connectivity index (χ3n) is 4.09. The smallest absolute Gasteiger partial charge is 0.412 e. The third kappa shape index (κ3) is 3.40. The van der Waals surface area contributed by atoms with Crippen LogP contribution in [0.4, 0.5) is 4.79 Å². The molecule has 0 bridgehead atoms. The summed E-state index contributed by atoms with van der Waals surface area (Å²) in [6.45, 7) is 4.27. The Bertz CT molecular complexity index is 509. The summed E-state index contributed by atoms with van der Waals surface area (Å²) in [5.74, 6) is 0.267. The van der Waals surface area contributed by atoms with Crippen molar-refractivity contribution in [2.75, 3.05) is 6.61 Å². The molecule has 0 aromatic heterocycles. The topological polar surface area (TPSA) is 64.6 Å². The molecule has 1 N–H and O–H groups in total. The Kier molecular flexibility index (Phi) is 5.41. The van der Waals surface area contributed by atoms with Crippen LogP contribution in [-0.2, 0) is 9.53 Å². The highest BCUT2D eigenvalue weighted by Gasteiger charge is 2.51. The summed E-state index contributed by atoms with van der Waals surface area (Å²) in [6, 6.07) is 8.52. The number of ether oxygens (including phenoxy) is 2. The Morgan fingerprint density at radius 3 is 2.50 bits per heavy atom. The van der Waals surface area contributed by atoms with Gasteiger partial charge in [0.2, 0.25) is 0 Å². The third-order valence-corrected chi connectivity index (χ3v) is 4.09. The molecule has 5 heteroatoms. The number of rotatable bonds is 6. The number of benzene rings is 1. The van der Waals surface area contributed by atoms with Crippen molar-refractivity contribution in [2.45, 2.75) is 45.6 Å². The highest BCUT2D eigenvalue weighted by molar-refractivity contribution is 5.81. The largest absolute Gasteiger partial charge is 0.463 e. The van der Waals surface area contributed by atoms with Crippen LogP contribution in [0, 0.1) is 5.41 Å². The first-order valence-corrected chi connectivity index (χ1v) is 7.83. The number of hydrogen-bond acceptors (Lipinski definition) is 4. The molecule has 120 valence electrons. The van der Waals surface area contributed by atoms with Crippen LogP contribution in [0.15, 0.2) is 30.3 Å². The Hall–Kier alpha value is -2.04. The van der Waals surface area contributed by atoms with Gasteiger partial charge < -0.3 is 14.8 Å². The lowest BCUT2D eigenvalue weighted by Gasteiger charge is -2.30. The van der Waals surface area contributed by atoms with Crippen LogP contribution in [0.5, 0.6) is 5.75 Å². The van der Waals surface area contributed by atoms with E-state index in [9.17, 15) is 9.59 Å². The summed E-state index contributed by atoms with van der Waals surface area (Å²) >= 11 is 0. The second-order valence-electron chi connectivity index (χ2n) is 5.65. The van der Waals surface area contributed by atoms with Gasteiger partial charge in [0.05, 0.1) is 11.5 Å². The van der Waals surface area contributed by atoms with E-state index in [-0.39, 0.29) is 18.6 Å². The highest BCUT2D eigenvalue weighted by Crippen LogP contribution is 2.39. The fraction of sp³-hybridized carbons (Fsp3) is 0.529. The molecule has 1 aliphatic heterocycles. The lowest BCUT2D eigenvalue weighted by Crippen LogP contribution is -2.49. The maximum Gasteiger partial charge on any atom is 0.412 e. The molecule has 1 atom stereocenters. The molecule has 5 nitrogen and oxygen atoms in total. The molecule has 1 amide bonds. The van der Waals surface area contributed by atoms with Gasteiger partial charge in [0.15, 0.2) is 0 Å². The highest BCUT2D eigenvalue weighted by atomic mass is 16.6. The van der Waals surface area contributed by atoms with E-state index >= 15 is 0 Å². The van der Waals surface area contributed by atoms with E-state index in [1.807, 2.05) is 19.9 Å². The van der Waals surface area contributed by atoms with Gasteiger partial charge in [-0.15, -0.1) is 0 Å². The van der Waals surface area contributed by atoms with Crippen LogP contribution in [-0.4, -0.2) is 24.7 Å². The summed E-state index contributed by atoms with van der Waals surface area (Å²) in [6.07, 6.45) is 2.58. The van der Waals surface area contributed by atoms with Gasteiger partial charge >= 0.3 is 12.1 Å². The number of carbonyl (C=O) groups is 2. The van der Waals surface area contributed by atoms with E-state index in [0.29, 0.717) is 18.6 Å². The predicted octanol–water partition coefficient (Wildman–Crippen LogP) is 3.29. The van der Waals surface area contributed by atoms with Gasteiger partial charge in [0.1, 0.15) is 12.4 Å². The number of hydrogen-bond donors (Lipinski definition) is 1. The Balaban J connectivity index is 2.06. The first kappa shape index (κ1) is 16.3. The van der Waals surface area contributed by atoms with Crippen molar-refractivity contribution in [2.24, 2.45) is 5.41 Å². The molecule has 1 fully saturated rings. The van der Waals surface area contributed by atoms with Gasteiger partial charge in [0.25, 0.3) is 0 Å². The number of cyclic esters (lactones) is 1. The summed E-state index contributed by atoms with van der Waals surface area (Å²) in [4.78, 5) is 24.3. The number of nitrogens with one attached hydrogen (secondary N) is 1. The van der Waals surface area contributed by atoms with Crippen molar-refractivity contribution in [1.82, 2.24) is 5.32 Å². The summed E-state index contributed by atoms with van der Waals surface area (Å²) in [7, 11) is 0. The summed E-state index contributed by atoms with van der Waals surface area (Å²) in [5.41, 5.74) is -0.626. The normalized spacial score (nSPS) is 19.5. The van der Waals surface area contributed by atoms with Crippen molar-refractivity contribution in [1.29, 1.82) is 0 Å².